The Morgan fingerprint density at radius 3 is 2.47 bits per heavy atom. The quantitative estimate of drug-likeness (QED) is 0.776. The van der Waals surface area contributed by atoms with Crippen LogP contribution in [-0.4, -0.2) is 11.6 Å². The average Bonchev–Trinajstić information content (AvgIpc) is 2.95. The number of esters is 1. The molecule has 0 bridgehead atoms. The zero-order valence-electron chi connectivity index (χ0n) is 10.4. The van der Waals surface area contributed by atoms with Crippen molar-refractivity contribution in [2.24, 2.45) is 0 Å². The third kappa shape index (κ3) is 2.71. The largest absolute Gasteiger partial charge is 0.459 e. The molecule has 1 saturated carbocycles. The molecular weight excluding hydrogens is 280 g/mol. The van der Waals surface area contributed by atoms with Gasteiger partial charge >= 0.3 is 5.97 Å². The van der Waals surface area contributed by atoms with Gasteiger partial charge in [-0.1, -0.05) is 28.1 Å². The zero-order valence-corrected chi connectivity index (χ0v) is 12.0. The van der Waals surface area contributed by atoms with Crippen LogP contribution in [0.3, 0.4) is 0 Å². The van der Waals surface area contributed by atoms with E-state index in [2.05, 4.69) is 15.9 Å². The lowest BCUT2D eigenvalue weighted by atomic mass is 9.96. The van der Waals surface area contributed by atoms with Gasteiger partial charge in [-0.15, -0.1) is 0 Å². The van der Waals surface area contributed by atoms with Gasteiger partial charge < -0.3 is 4.74 Å². The summed E-state index contributed by atoms with van der Waals surface area (Å²) in [6.07, 6.45) is 1.77. The van der Waals surface area contributed by atoms with Crippen LogP contribution in [0.1, 0.15) is 39.2 Å². The second-order valence-corrected chi connectivity index (χ2v) is 6.51. The van der Waals surface area contributed by atoms with Crippen LogP contribution in [0.15, 0.2) is 28.7 Å². The fourth-order valence-corrected chi connectivity index (χ4v) is 2.30. The van der Waals surface area contributed by atoms with E-state index in [1.165, 1.54) is 0 Å². The maximum absolute atomic E-state index is 12.2. The molecule has 1 aliphatic rings. The lowest BCUT2D eigenvalue weighted by Gasteiger charge is -2.24. The fourth-order valence-electron chi connectivity index (χ4n) is 1.90. The first-order valence-electron chi connectivity index (χ1n) is 5.83. The highest BCUT2D eigenvalue weighted by Crippen LogP contribution is 2.50. The van der Waals surface area contributed by atoms with Gasteiger partial charge in [-0.3, -0.25) is 4.79 Å². The highest BCUT2D eigenvalue weighted by Gasteiger charge is 2.53. The summed E-state index contributed by atoms with van der Waals surface area (Å²) in [5.41, 5.74) is 0.247. The van der Waals surface area contributed by atoms with E-state index in [1.54, 1.807) is 0 Å². The predicted molar refractivity (Wildman–Crippen MR) is 70.9 cm³/mol. The fraction of sp³-hybridized carbons (Fsp3) is 0.500. The molecule has 1 aromatic rings. The van der Waals surface area contributed by atoms with Crippen LogP contribution in [-0.2, 0) is 14.9 Å². The van der Waals surface area contributed by atoms with Crippen molar-refractivity contribution in [3.8, 4) is 0 Å². The molecule has 3 heteroatoms. The number of ether oxygens (including phenoxy) is 1. The minimum atomic E-state index is -0.418. The molecule has 92 valence electrons. The number of carbonyl (C=O) groups excluding carboxylic acids is 1. The number of hydrogen-bond acceptors (Lipinski definition) is 2. The number of benzene rings is 1. The molecule has 0 heterocycles. The van der Waals surface area contributed by atoms with Gasteiger partial charge in [0.05, 0.1) is 5.41 Å². The van der Waals surface area contributed by atoms with Crippen molar-refractivity contribution in [1.82, 2.24) is 0 Å². The van der Waals surface area contributed by atoms with Crippen LogP contribution in [0, 0.1) is 0 Å². The second kappa shape index (κ2) is 4.13. The van der Waals surface area contributed by atoms with E-state index >= 15 is 0 Å². The summed E-state index contributed by atoms with van der Waals surface area (Å²) in [4.78, 5) is 12.2. The smallest absolute Gasteiger partial charge is 0.317 e. The van der Waals surface area contributed by atoms with Gasteiger partial charge in [-0.25, -0.2) is 0 Å². The molecule has 2 nitrogen and oxygen atoms in total. The summed E-state index contributed by atoms with van der Waals surface area (Å²) in [5.74, 6) is -0.0944. The Balaban J connectivity index is 2.23. The van der Waals surface area contributed by atoms with Crippen molar-refractivity contribution < 1.29 is 9.53 Å². The third-order valence-corrected chi connectivity index (χ3v) is 3.41. The van der Waals surface area contributed by atoms with Crippen molar-refractivity contribution in [3.05, 3.63) is 34.3 Å². The van der Waals surface area contributed by atoms with Crippen LogP contribution < -0.4 is 0 Å². The van der Waals surface area contributed by atoms with Crippen LogP contribution in [0.5, 0.6) is 0 Å². The molecule has 1 aliphatic carbocycles. The van der Waals surface area contributed by atoms with Crippen LogP contribution >= 0.6 is 15.9 Å². The standard InChI is InChI=1S/C14H17BrO2/c1-13(2,3)17-12(16)14(7-8-14)10-5-4-6-11(15)9-10/h4-6,9H,7-8H2,1-3H3. The monoisotopic (exact) mass is 296 g/mol. The second-order valence-electron chi connectivity index (χ2n) is 5.59. The van der Waals surface area contributed by atoms with Crippen molar-refractivity contribution in [3.63, 3.8) is 0 Å². The van der Waals surface area contributed by atoms with E-state index in [0.717, 1.165) is 22.9 Å². The summed E-state index contributed by atoms with van der Waals surface area (Å²) in [5, 5.41) is 0. The number of carbonyl (C=O) groups is 1. The zero-order chi connectivity index (χ0) is 12.7. The number of rotatable bonds is 2. The molecule has 0 saturated heterocycles. The number of hydrogen-bond donors (Lipinski definition) is 0. The van der Waals surface area contributed by atoms with Gasteiger partial charge in [0, 0.05) is 4.47 Å². The van der Waals surface area contributed by atoms with Crippen molar-refractivity contribution >= 4 is 21.9 Å². The maximum atomic E-state index is 12.2. The van der Waals surface area contributed by atoms with Gasteiger partial charge in [0.15, 0.2) is 0 Å². The summed E-state index contributed by atoms with van der Waals surface area (Å²) < 4.78 is 6.51. The van der Waals surface area contributed by atoms with E-state index in [0.29, 0.717) is 0 Å². The molecule has 0 unspecified atom stereocenters. The highest BCUT2D eigenvalue weighted by molar-refractivity contribution is 9.10. The summed E-state index contributed by atoms with van der Waals surface area (Å²) >= 11 is 3.44. The lowest BCUT2D eigenvalue weighted by molar-refractivity contribution is -0.158. The summed E-state index contributed by atoms with van der Waals surface area (Å²) in [7, 11) is 0. The molecule has 17 heavy (non-hydrogen) atoms. The van der Waals surface area contributed by atoms with E-state index in [1.807, 2.05) is 45.0 Å². The van der Waals surface area contributed by atoms with Crippen molar-refractivity contribution in [1.29, 1.82) is 0 Å². The lowest BCUT2D eigenvalue weighted by Crippen LogP contribution is -2.31. The topological polar surface area (TPSA) is 26.3 Å². The molecular formula is C14H17BrO2. The van der Waals surface area contributed by atoms with Crippen LogP contribution in [0.25, 0.3) is 0 Å². The van der Waals surface area contributed by atoms with Gasteiger partial charge in [-0.05, 0) is 51.3 Å². The molecule has 0 atom stereocenters. The molecule has 0 aromatic heterocycles. The maximum Gasteiger partial charge on any atom is 0.317 e. The average molecular weight is 297 g/mol. The molecule has 0 amide bonds. The van der Waals surface area contributed by atoms with E-state index in [9.17, 15) is 4.79 Å². The molecule has 1 fully saturated rings. The molecule has 0 radical (unpaired) electrons. The SMILES string of the molecule is CC(C)(C)OC(=O)C1(c2cccc(Br)c2)CC1. The molecule has 0 aliphatic heterocycles. The molecule has 1 aromatic carbocycles. The van der Waals surface area contributed by atoms with Crippen molar-refractivity contribution in [2.45, 2.75) is 44.6 Å². The normalized spacial score (nSPS) is 17.6. The van der Waals surface area contributed by atoms with Gasteiger partial charge in [-0.2, -0.15) is 0 Å². The predicted octanol–water partition coefficient (Wildman–Crippen LogP) is 3.82. The van der Waals surface area contributed by atoms with Crippen LogP contribution in [0.2, 0.25) is 0 Å². The van der Waals surface area contributed by atoms with Crippen molar-refractivity contribution in [2.75, 3.05) is 0 Å². The highest BCUT2D eigenvalue weighted by atomic mass is 79.9. The Kier molecular flexibility index (Phi) is 3.06. The molecule has 0 spiro atoms. The van der Waals surface area contributed by atoms with Gasteiger partial charge in [0.1, 0.15) is 5.60 Å². The third-order valence-electron chi connectivity index (χ3n) is 2.92. The van der Waals surface area contributed by atoms with Gasteiger partial charge in [0.25, 0.3) is 0 Å². The van der Waals surface area contributed by atoms with Crippen LogP contribution in [0.4, 0.5) is 0 Å². The number of halogens is 1. The molecule has 2 rings (SSSR count). The summed E-state index contributed by atoms with van der Waals surface area (Å²) in [6.45, 7) is 5.71. The first-order chi connectivity index (χ1) is 7.83. The minimum absolute atomic E-state index is 0.0944. The Hall–Kier alpha value is -0.830. The first kappa shape index (κ1) is 12.6. The van der Waals surface area contributed by atoms with Gasteiger partial charge in [0.2, 0.25) is 0 Å². The summed E-state index contributed by atoms with van der Waals surface area (Å²) in [6, 6.07) is 7.94. The first-order valence-corrected chi connectivity index (χ1v) is 6.62. The molecule has 0 N–H and O–H groups in total. The van der Waals surface area contributed by atoms with E-state index < -0.39 is 11.0 Å². The van der Waals surface area contributed by atoms with E-state index in [-0.39, 0.29) is 5.97 Å². The Morgan fingerprint density at radius 1 is 1.35 bits per heavy atom. The Morgan fingerprint density at radius 2 is 2.00 bits per heavy atom. The minimum Gasteiger partial charge on any atom is -0.459 e. The Bertz CT molecular complexity index is 442. The Labute approximate surface area is 110 Å². The van der Waals surface area contributed by atoms with E-state index in [4.69, 9.17) is 4.74 Å².